The van der Waals surface area contributed by atoms with Gasteiger partial charge in [-0.1, -0.05) is 0 Å². The first-order valence-corrected chi connectivity index (χ1v) is 6.44. The lowest BCUT2D eigenvalue weighted by molar-refractivity contribution is 0.265. The van der Waals surface area contributed by atoms with Crippen LogP contribution in [0.2, 0.25) is 0 Å². The van der Waals surface area contributed by atoms with Crippen molar-refractivity contribution in [2.75, 3.05) is 18.1 Å². The van der Waals surface area contributed by atoms with Gasteiger partial charge in [-0.05, 0) is 18.9 Å². The van der Waals surface area contributed by atoms with Gasteiger partial charge in [-0.3, -0.25) is 0 Å². The molecule has 2 aliphatic rings. The molecule has 0 amide bonds. The number of nitrogens with two attached hydrogens (primary N) is 1. The predicted molar refractivity (Wildman–Crippen MR) is 84.4 cm³/mol. The first-order chi connectivity index (χ1) is 8.83. The van der Waals surface area contributed by atoms with E-state index in [1.807, 2.05) is 12.4 Å². The van der Waals surface area contributed by atoms with Crippen molar-refractivity contribution in [2.24, 2.45) is 5.73 Å². The smallest absolute Gasteiger partial charge is 0.161 e. The number of hydrogen-bond donors (Lipinski definition) is 2. The molecule has 0 saturated heterocycles. The molecule has 0 spiro atoms. The Morgan fingerprint density at radius 1 is 1.35 bits per heavy atom. The summed E-state index contributed by atoms with van der Waals surface area (Å²) < 4.78 is 5.73. The van der Waals surface area contributed by atoms with Gasteiger partial charge in [0.1, 0.15) is 12.3 Å². The molecule has 0 radical (unpaired) electrons. The second-order valence-electron chi connectivity index (χ2n) is 5.14. The van der Waals surface area contributed by atoms with E-state index in [1.165, 1.54) is 5.69 Å². The molecule has 1 saturated carbocycles. The van der Waals surface area contributed by atoms with Gasteiger partial charge < -0.3 is 20.4 Å². The van der Waals surface area contributed by atoms with Gasteiger partial charge in [-0.25, -0.2) is 4.98 Å². The minimum absolute atomic E-state index is 0. The Bertz CT molecular complexity index is 597. The van der Waals surface area contributed by atoms with Gasteiger partial charge in [0.05, 0.1) is 18.4 Å². The lowest BCUT2D eigenvalue weighted by atomic mass is 9.85. The van der Waals surface area contributed by atoms with Gasteiger partial charge in [0.2, 0.25) is 0 Å². The van der Waals surface area contributed by atoms with Crippen molar-refractivity contribution in [3.63, 3.8) is 0 Å². The van der Waals surface area contributed by atoms with Crippen LogP contribution in [-0.2, 0) is 0 Å². The van der Waals surface area contributed by atoms with E-state index < -0.39 is 0 Å². The summed E-state index contributed by atoms with van der Waals surface area (Å²) in [5, 5.41) is 1.15. The number of hydrogen-bond acceptors (Lipinski definition) is 4. The highest BCUT2D eigenvalue weighted by Gasteiger charge is 2.35. The molecule has 0 bridgehead atoms. The van der Waals surface area contributed by atoms with Crippen molar-refractivity contribution in [1.82, 2.24) is 9.97 Å². The van der Waals surface area contributed by atoms with Crippen LogP contribution in [0.3, 0.4) is 0 Å². The summed E-state index contributed by atoms with van der Waals surface area (Å²) in [6.45, 7) is 1.67. The summed E-state index contributed by atoms with van der Waals surface area (Å²) in [7, 11) is 0. The van der Waals surface area contributed by atoms with Crippen molar-refractivity contribution in [2.45, 2.75) is 24.9 Å². The maximum atomic E-state index is 5.91. The number of halogens is 2. The molecule has 1 aliphatic carbocycles. The standard InChI is InChI=1S/C13H16N4O.2ClH/c14-8-5-9(6-8)17-3-4-18-11-7-16-13-10(12(11)17)1-2-15-13;;/h1-2,7-9H,3-6,14H2,(H,15,16);2*1H. The van der Waals surface area contributed by atoms with Crippen LogP contribution in [0, 0.1) is 0 Å². The zero-order valence-electron chi connectivity index (χ0n) is 10.9. The summed E-state index contributed by atoms with van der Waals surface area (Å²) >= 11 is 0. The SMILES string of the molecule is Cl.Cl.NC1CC(N2CCOc3cnc4[nH]ccc4c32)C1. The number of anilines is 1. The molecule has 2 aromatic heterocycles. The number of fused-ring (bicyclic) bond motifs is 3. The van der Waals surface area contributed by atoms with E-state index in [0.29, 0.717) is 12.1 Å². The average molecular weight is 317 g/mol. The third-order valence-electron chi connectivity index (χ3n) is 3.99. The molecule has 7 heteroatoms. The highest BCUT2D eigenvalue weighted by atomic mass is 35.5. The number of aromatic amines is 1. The van der Waals surface area contributed by atoms with Crippen molar-refractivity contribution in [3.05, 3.63) is 18.5 Å². The number of nitrogens with zero attached hydrogens (tertiary/aromatic N) is 2. The Hall–Kier alpha value is -1.17. The second kappa shape index (κ2) is 5.68. The molecule has 1 fully saturated rings. The van der Waals surface area contributed by atoms with E-state index in [4.69, 9.17) is 10.5 Å². The van der Waals surface area contributed by atoms with E-state index in [2.05, 4.69) is 20.9 Å². The summed E-state index contributed by atoms with van der Waals surface area (Å²) in [4.78, 5) is 9.98. The maximum absolute atomic E-state index is 5.91. The lowest BCUT2D eigenvalue weighted by Crippen LogP contribution is -2.53. The van der Waals surface area contributed by atoms with Gasteiger partial charge in [0.15, 0.2) is 5.75 Å². The van der Waals surface area contributed by atoms with Crippen LogP contribution in [0.25, 0.3) is 11.0 Å². The topological polar surface area (TPSA) is 67.2 Å². The summed E-state index contributed by atoms with van der Waals surface area (Å²) in [6, 6.07) is 2.99. The molecule has 20 heavy (non-hydrogen) atoms. The molecular weight excluding hydrogens is 299 g/mol. The van der Waals surface area contributed by atoms with Crippen molar-refractivity contribution in [1.29, 1.82) is 0 Å². The second-order valence-corrected chi connectivity index (χ2v) is 5.14. The van der Waals surface area contributed by atoms with E-state index in [1.54, 1.807) is 0 Å². The van der Waals surface area contributed by atoms with E-state index in [9.17, 15) is 0 Å². The molecule has 0 atom stereocenters. The van der Waals surface area contributed by atoms with Crippen LogP contribution >= 0.6 is 24.8 Å². The van der Waals surface area contributed by atoms with Gasteiger partial charge in [-0.15, -0.1) is 24.8 Å². The molecule has 1 aliphatic heterocycles. The third-order valence-corrected chi connectivity index (χ3v) is 3.99. The molecule has 3 heterocycles. The molecule has 3 N–H and O–H groups in total. The van der Waals surface area contributed by atoms with Crippen molar-refractivity contribution >= 4 is 41.5 Å². The molecular formula is C13H18Cl2N4O. The minimum atomic E-state index is 0. The maximum Gasteiger partial charge on any atom is 0.161 e. The predicted octanol–water partition coefficient (Wildman–Crippen LogP) is 2.09. The number of nitrogens with one attached hydrogen (secondary N) is 1. The van der Waals surface area contributed by atoms with Crippen LogP contribution in [0.5, 0.6) is 5.75 Å². The third kappa shape index (κ3) is 2.20. The molecule has 0 aromatic carbocycles. The quantitative estimate of drug-likeness (QED) is 0.845. The molecule has 5 nitrogen and oxygen atoms in total. The Kier molecular flexibility index (Phi) is 4.32. The molecule has 110 valence electrons. The average Bonchev–Trinajstić information content (AvgIpc) is 2.82. The highest BCUT2D eigenvalue weighted by molar-refractivity contribution is 5.93. The lowest BCUT2D eigenvalue weighted by Gasteiger charge is -2.45. The number of aromatic nitrogens is 2. The summed E-state index contributed by atoms with van der Waals surface area (Å²) in [5.74, 6) is 0.897. The van der Waals surface area contributed by atoms with Crippen LogP contribution in [0.15, 0.2) is 18.5 Å². The fourth-order valence-corrected chi connectivity index (χ4v) is 2.99. The van der Waals surface area contributed by atoms with E-state index in [-0.39, 0.29) is 24.8 Å². The Morgan fingerprint density at radius 3 is 2.90 bits per heavy atom. The number of ether oxygens (including phenoxy) is 1. The summed E-state index contributed by atoms with van der Waals surface area (Å²) in [6.07, 6.45) is 5.90. The fourth-order valence-electron chi connectivity index (χ4n) is 2.99. The first-order valence-electron chi connectivity index (χ1n) is 6.44. The van der Waals surface area contributed by atoms with Crippen LogP contribution in [0.4, 0.5) is 5.69 Å². The minimum Gasteiger partial charge on any atom is -0.488 e. The largest absolute Gasteiger partial charge is 0.488 e. The summed E-state index contributed by atoms with van der Waals surface area (Å²) in [5.41, 5.74) is 8.02. The van der Waals surface area contributed by atoms with E-state index in [0.717, 1.165) is 42.8 Å². The molecule has 0 unspecified atom stereocenters. The monoisotopic (exact) mass is 316 g/mol. The Labute approximate surface area is 129 Å². The fraction of sp³-hybridized carbons (Fsp3) is 0.462. The number of rotatable bonds is 1. The Morgan fingerprint density at radius 2 is 2.15 bits per heavy atom. The zero-order valence-corrected chi connectivity index (χ0v) is 12.5. The highest BCUT2D eigenvalue weighted by Crippen LogP contribution is 2.41. The first kappa shape index (κ1) is 15.2. The van der Waals surface area contributed by atoms with Crippen LogP contribution in [0.1, 0.15) is 12.8 Å². The Balaban J connectivity index is 0.000000735. The number of pyridine rings is 1. The van der Waals surface area contributed by atoms with Crippen molar-refractivity contribution in [3.8, 4) is 5.75 Å². The normalized spacial score (nSPS) is 23.9. The molecule has 4 rings (SSSR count). The molecule has 2 aromatic rings. The van der Waals surface area contributed by atoms with Crippen molar-refractivity contribution < 1.29 is 4.74 Å². The van der Waals surface area contributed by atoms with Gasteiger partial charge in [0, 0.05) is 23.7 Å². The van der Waals surface area contributed by atoms with Crippen LogP contribution < -0.4 is 15.4 Å². The van der Waals surface area contributed by atoms with Gasteiger partial charge in [0.25, 0.3) is 0 Å². The van der Waals surface area contributed by atoms with E-state index >= 15 is 0 Å². The van der Waals surface area contributed by atoms with Gasteiger partial charge >= 0.3 is 0 Å². The zero-order chi connectivity index (χ0) is 12.1. The number of H-pyrrole nitrogens is 1. The van der Waals surface area contributed by atoms with Gasteiger partial charge in [-0.2, -0.15) is 0 Å². The van der Waals surface area contributed by atoms with Crippen LogP contribution in [-0.4, -0.2) is 35.2 Å².